The van der Waals surface area contributed by atoms with Gasteiger partial charge in [-0.15, -0.1) is 0 Å². The summed E-state index contributed by atoms with van der Waals surface area (Å²) in [6.45, 7) is 2.37. The molecule has 0 spiro atoms. The topological polar surface area (TPSA) is 38.0 Å². The van der Waals surface area contributed by atoms with Crippen molar-refractivity contribution in [1.82, 2.24) is 5.43 Å². The third kappa shape index (κ3) is 1.89. The molecule has 2 rings (SSSR count). The summed E-state index contributed by atoms with van der Waals surface area (Å²) < 4.78 is 0. The molecule has 0 aliphatic heterocycles. The summed E-state index contributed by atoms with van der Waals surface area (Å²) in [5, 5.41) is 0. The van der Waals surface area contributed by atoms with Crippen LogP contribution >= 0.6 is 0 Å². The standard InChI is InChI=1S/C11H22N2/c1-8-5-6-10(7-8)11(13-12)9-3-2-4-9/h8-11,13H,2-7,12H2,1H3. The molecular weight excluding hydrogens is 160 g/mol. The molecule has 2 heteroatoms. The van der Waals surface area contributed by atoms with E-state index >= 15 is 0 Å². The van der Waals surface area contributed by atoms with E-state index in [1.54, 1.807) is 0 Å². The van der Waals surface area contributed by atoms with Crippen molar-refractivity contribution in [3.63, 3.8) is 0 Å². The molecule has 2 nitrogen and oxygen atoms in total. The molecule has 0 radical (unpaired) electrons. The highest BCUT2D eigenvalue weighted by Crippen LogP contribution is 2.40. The Labute approximate surface area is 81.2 Å². The second-order valence-electron chi connectivity index (χ2n) is 5.06. The van der Waals surface area contributed by atoms with Gasteiger partial charge in [0.25, 0.3) is 0 Å². The van der Waals surface area contributed by atoms with Gasteiger partial charge in [0.1, 0.15) is 0 Å². The molecule has 0 saturated heterocycles. The van der Waals surface area contributed by atoms with Crippen molar-refractivity contribution >= 4 is 0 Å². The lowest BCUT2D eigenvalue weighted by Crippen LogP contribution is -2.47. The molecule has 3 atom stereocenters. The number of hydrazine groups is 1. The molecule has 0 aromatic heterocycles. The number of hydrogen-bond acceptors (Lipinski definition) is 2. The second-order valence-corrected chi connectivity index (χ2v) is 5.06. The predicted octanol–water partition coefficient (Wildman–Crippen LogP) is 2.05. The maximum absolute atomic E-state index is 5.66. The van der Waals surface area contributed by atoms with E-state index in [0.717, 1.165) is 17.8 Å². The highest BCUT2D eigenvalue weighted by molar-refractivity contribution is 4.89. The van der Waals surface area contributed by atoms with Crippen LogP contribution in [0.3, 0.4) is 0 Å². The van der Waals surface area contributed by atoms with Crippen molar-refractivity contribution in [2.75, 3.05) is 0 Å². The van der Waals surface area contributed by atoms with Crippen molar-refractivity contribution < 1.29 is 0 Å². The second kappa shape index (κ2) is 3.97. The van der Waals surface area contributed by atoms with Gasteiger partial charge in [0.05, 0.1) is 0 Å². The third-order valence-electron chi connectivity index (χ3n) is 4.09. The van der Waals surface area contributed by atoms with E-state index in [9.17, 15) is 0 Å². The molecule has 0 aromatic rings. The molecular formula is C11H22N2. The average Bonchev–Trinajstić information content (AvgIpc) is 2.43. The van der Waals surface area contributed by atoms with Crippen molar-refractivity contribution in [1.29, 1.82) is 0 Å². The van der Waals surface area contributed by atoms with Crippen LogP contribution in [0.15, 0.2) is 0 Å². The van der Waals surface area contributed by atoms with Crippen LogP contribution in [-0.2, 0) is 0 Å². The Hall–Kier alpha value is -0.0800. The Morgan fingerprint density at radius 2 is 1.92 bits per heavy atom. The summed E-state index contributed by atoms with van der Waals surface area (Å²) in [6, 6.07) is 0.624. The quantitative estimate of drug-likeness (QED) is 0.518. The van der Waals surface area contributed by atoms with Gasteiger partial charge in [-0.05, 0) is 43.4 Å². The van der Waals surface area contributed by atoms with E-state index < -0.39 is 0 Å². The monoisotopic (exact) mass is 182 g/mol. The van der Waals surface area contributed by atoms with Crippen molar-refractivity contribution in [2.24, 2.45) is 23.6 Å². The van der Waals surface area contributed by atoms with Crippen LogP contribution in [0.2, 0.25) is 0 Å². The Balaban J connectivity index is 1.88. The van der Waals surface area contributed by atoms with Crippen LogP contribution in [0.5, 0.6) is 0 Å². The van der Waals surface area contributed by atoms with Gasteiger partial charge in [0.15, 0.2) is 0 Å². The first-order valence-electron chi connectivity index (χ1n) is 5.77. The minimum Gasteiger partial charge on any atom is -0.271 e. The SMILES string of the molecule is CC1CCC(C(NN)C2CCC2)C1. The van der Waals surface area contributed by atoms with Crippen LogP contribution in [0, 0.1) is 17.8 Å². The highest BCUT2D eigenvalue weighted by atomic mass is 15.2. The average molecular weight is 182 g/mol. The fraction of sp³-hybridized carbons (Fsp3) is 1.00. The maximum atomic E-state index is 5.66. The van der Waals surface area contributed by atoms with Crippen molar-refractivity contribution in [3.05, 3.63) is 0 Å². The molecule has 2 saturated carbocycles. The number of hydrogen-bond donors (Lipinski definition) is 2. The van der Waals surface area contributed by atoms with E-state index in [2.05, 4.69) is 12.3 Å². The zero-order chi connectivity index (χ0) is 9.26. The van der Waals surface area contributed by atoms with Gasteiger partial charge in [-0.1, -0.05) is 19.8 Å². The van der Waals surface area contributed by atoms with E-state index in [0.29, 0.717) is 6.04 Å². The summed E-state index contributed by atoms with van der Waals surface area (Å²) >= 11 is 0. The highest BCUT2D eigenvalue weighted by Gasteiger charge is 2.35. The fourth-order valence-corrected chi connectivity index (χ4v) is 3.03. The van der Waals surface area contributed by atoms with Gasteiger partial charge in [-0.2, -0.15) is 0 Å². The molecule has 76 valence electrons. The molecule has 3 unspecified atom stereocenters. The van der Waals surface area contributed by atoms with Crippen LogP contribution in [0.4, 0.5) is 0 Å². The third-order valence-corrected chi connectivity index (χ3v) is 4.09. The lowest BCUT2D eigenvalue weighted by atomic mass is 9.74. The zero-order valence-electron chi connectivity index (χ0n) is 8.63. The molecule has 2 aliphatic carbocycles. The Morgan fingerprint density at radius 1 is 1.15 bits per heavy atom. The van der Waals surface area contributed by atoms with Gasteiger partial charge in [-0.3, -0.25) is 11.3 Å². The van der Waals surface area contributed by atoms with Gasteiger partial charge < -0.3 is 0 Å². The minimum atomic E-state index is 0.624. The number of nitrogens with two attached hydrogens (primary N) is 1. The fourth-order valence-electron chi connectivity index (χ4n) is 3.03. The minimum absolute atomic E-state index is 0.624. The van der Waals surface area contributed by atoms with Crippen LogP contribution in [-0.4, -0.2) is 6.04 Å². The number of nitrogens with one attached hydrogen (secondary N) is 1. The van der Waals surface area contributed by atoms with Gasteiger partial charge >= 0.3 is 0 Å². The van der Waals surface area contributed by atoms with E-state index in [1.807, 2.05) is 0 Å². The molecule has 13 heavy (non-hydrogen) atoms. The molecule has 0 heterocycles. The van der Waals surface area contributed by atoms with Crippen LogP contribution in [0.1, 0.15) is 45.4 Å². The lowest BCUT2D eigenvalue weighted by Gasteiger charge is -2.37. The first-order valence-corrected chi connectivity index (χ1v) is 5.77. The Kier molecular flexibility index (Phi) is 2.89. The predicted molar refractivity (Wildman–Crippen MR) is 55.0 cm³/mol. The molecule has 0 bridgehead atoms. The zero-order valence-corrected chi connectivity index (χ0v) is 8.63. The normalized spacial score (nSPS) is 37.4. The molecule has 2 aliphatic rings. The van der Waals surface area contributed by atoms with E-state index in [-0.39, 0.29) is 0 Å². The molecule has 2 fully saturated rings. The smallest absolute Gasteiger partial charge is 0.0267 e. The van der Waals surface area contributed by atoms with Gasteiger partial charge in [0.2, 0.25) is 0 Å². The molecule has 0 amide bonds. The Bertz CT molecular complexity index is 165. The van der Waals surface area contributed by atoms with Gasteiger partial charge in [0, 0.05) is 6.04 Å². The largest absolute Gasteiger partial charge is 0.271 e. The van der Waals surface area contributed by atoms with Crippen molar-refractivity contribution in [3.8, 4) is 0 Å². The van der Waals surface area contributed by atoms with E-state index in [1.165, 1.54) is 38.5 Å². The summed E-state index contributed by atoms with van der Waals surface area (Å²) in [4.78, 5) is 0. The molecule has 0 aromatic carbocycles. The maximum Gasteiger partial charge on any atom is 0.0267 e. The summed E-state index contributed by atoms with van der Waals surface area (Å²) in [7, 11) is 0. The first-order chi connectivity index (χ1) is 6.31. The summed E-state index contributed by atoms with van der Waals surface area (Å²) in [5.74, 6) is 8.35. The first kappa shape index (κ1) is 9.47. The summed E-state index contributed by atoms with van der Waals surface area (Å²) in [5.41, 5.74) is 3.07. The van der Waals surface area contributed by atoms with Crippen molar-refractivity contribution in [2.45, 2.75) is 51.5 Å². The number of rotatable bonds is 3. The molecule has 3 N–H and O–H groups in total. The lowest BCUT2D eigenvalue weighted by molar-refractivity contribution is 0.173. The summed E-state index contributed by atoms with van der Waals surface area (Å²) in [6.07, 6.45) is 8.43. The van der Waals surface area contributed by atoms with Gasteiger partial charge in [-0.25, -0.2) is 0 Å². The Morgan fingerprint density at radius 3 is 2.31 bits per heavy atom. The van der Waals surface area contributed by atoms with Crippen LogP contribution < -0.4 is 11.3 Å². The van der Waals surface area contributed by atoms with Crippen LogP contribution in [0.25, 0.3) is 0 Å². The van der Waals surface area contributed by atoms with E-state index in [4.69, 9.17) is 5.84 Å².